The van der Waals surface area contributed by atoms with Crippen LogP contribution in [0.2, 0.25) is 0 Å². The number of anilines is 1. The van der Waals surface area contributed by atoms with Gasteiger partial charge in [0.05, 0.1) is 17.1 Å². The maximum absolute atomic E-state index is 12.7. The molecule has 2 aromatic rings. The van der Waals surface area contributed by atoms with E-state index in [0.717, 1.165) is 18.4 Å². The molecule has 0 radical (unpaired) electrons. The highest BCUT2D eigenvalue weighted by Crippen LogP contribution is 2.32. The molecule has 33 heavy (non-hydrogen) atoms. The summed E-state index contributed by atoms with van der Waals surface area (Å²) in [5.74, 6) is -0.527. The van der Waals surface area contributed by atoms with Gasteiger partial charge < -0.3 is 10.1 Å². The zero-order valence-electron chi connectivity index (χ0n) is 18.4. The molecule has 0 spiro atoms. The summed E-state index contributed by atoms with van der Waals surface area (Å²) >= 11 is 6.71. The molecule has 1 N–H and O–H groups in total. The molecule has 2 amide bonds. The maximum Gasteiger partial charge on any atom is 0.338 e. The van der Waals surface area contributed by atoms with E-state index in [2.05, 4.69) is 5.32 Å². The van der Waals surface area contributed by atoms with Crippen molar-refractivity contribution in [2.45, 2.75) is 32.6 Å². The Balaban J connectivity index is 1.37. The number of nitrogens with zero attached hydrogens (tertiary/aromatic N) is 1. The quantitative estimate of drug-likeness (QED) is 0.215. The Labute approximate surface area is 203 Å². The molecular formula is C25H26N2O4S2. The number of hydrogen-bond donors (Lipinski definition) is 1. The number of amides is 2. The number of carbonyl (C=O) groups is 3. The fourth-order valence-electron chi connectivity index (χ4n) is 3.25. The number of unbranched alkanes of at least 4 members (excludes halogenated alkanes) is 2. The number of rotatable bonds is 10. The Kier molecular flexibility index (Phi) is 9.21. The number of thioether (sulfide) groups is 1. The van der Waals surface area contributed by atoms with Gasteiger partial charge in [0.2, 0.25) is 5.91 Å². The Bertz CT molecular complexity index is 1040. The molecule has 3 rings (SSSR count). The summed E-state index contributed by atoms with van der Waals surface area (Å²) < 4.78 is 5.52. The van der Waals surface area contributed by atoms with Crippen LogP contribution in [0.5, 0.6) is 0 Å². The van der Waals surface area contributed by atoms with Crippen LogP contribution in [0.25, 0.3) is 6.08 Å². The topological polar surface area (TPSA) is 75.7 Å². The lowest BCUT2D eigenvalue weighted by molar-refractivity contribution is -0.122. The first-order chi connectivity index (χ1) is 16.0. The van der Waals surface area contributed by atoms with Crippen molar-refractivity contribution in [1.29, 1.82) is 0 Å². The molecular weight excluding hydrogens is 456 g/mol. The standard InChI is InChI=1S/C25H26N2O4S2/c1-2-31-24(30)19-12-14-20(15-13-19)26-22(28)11-7-4-8-16-27-23(29)21(33-25(27)32)17-18-9-5-3-6-10-18/h3,5-6,9-10,12-15,17H,2,4,7-8,11,16H2,1H3,(H,26,28)/b21-17-. The molecule has 6 nitrogen and oxygen atoms in total. The molecule has 1 aliphatic rings. The average Bonchev–Trinajstić information content (AvgIpc) is 3.07. The van der Waals surface area contributed by atoms with E-state index in [9.17, 15) is 14.4 Å². The first kappa shape index (κ1) is 24.7. The van der Waals surface area contributed by atoms with Gasteiger partial charge in [-0.3, -0.25) is 14.5 Å². The molecule has 1 aliphatic heterocycles. The number of esters is 1. The molecule has 0 unspecified atom stereocenters. The van der Waals surface area contributed by atoms with Gasteiger partial charge in [-0.05, 0) is 55.7 Å². The van der Waals surface area contributed by atoms with Gasteiger partial charge in [0.1, 0.15) is 4.32 Å². The molecule has 2 aromatic carbocycles. The molecule has 0 aliphatic carbocycles. The smallest absolute Gasteiger partial charge is 0.338 e. The number of carbonyl (C=O) groups excluding carboxylic acids is 3. The first-order valence-corrected chi connectivity index (χ1v) is 12.1. The highest BCUT2D eigenvalue weighted by Gasteiger charge is 2.31. The van der Waals surface area contributed by atoms with Gasteiger partial charge in [-0.1, -0.05) is 60.7 Å². The number of ether oxygens (including phenoxy) is 1. The second-order valence-corrected chi connectivity index (χ2v) is 9.08. The van der Waals surface area contributed by atoms with Gasteiger partial charge in [0, 0.05) is 18.7 Å². The van der Waals surface area contributed by atoms with Crippen LogP contribution >= 0.6 is 24.0 Å². The summed E-state index contributed by atoms with van der Waals surface area (Å²) in [7, 11) is 0. The van der Waals surface area contributed by atoms with E-state index in [-0.39, 0.29) is 17.8 Å². The Morgan fingerprint density at radius 3 is 2.48 bits per heavy atom. The third kappa shape index (κ3) is 7.27. The van der Waals surface area contributed by atoms with Gasteiger partial charge >= 0.3 is 5.97 Å². The molecule has 0 aromatic heterocycles. The minimum Gasteiger partial charge on any atom is -0.462 e. The van der Waals surface area contributed by atoms with E-state index in [4.69, 9.17) is 17.0 Å². The van der Waals surface area contributed by atoms with Crippen molar-refractivity contribution >= 4 is 57.8 Å². The zero-order chi connectivity index (χ0) is 23.6. The van der Waals surface area contributed by atoms with Crippen LogP contribution in [-0.4, -0.2) is 40.2 Å². The summed E-state index contributed by atoms with van der Waals surface area (Å²) in [6.07, 6.45) is 4.53. The second kappa shape index (κ2) is 12.3. The van der Waals surface area contributed by atoms with E-state index >= 15 is 0 Å². The fraction of sp³-hybridized carbons (Fsp3) is 0.280. The van der Waals surface area contributed by atoms with E-state index in [1.165, 1.54) is 11.8 Å². The lowest BCUT2D eigenvalue weighted by Crippen LogP contribution is -2.29. The summed E-state index contributed by atoms with van der Waals surface area (Å²) in [4.78, 5) is 38.8. The molecule has 1 heterocycles. The first-order valence-electron chi connectivity index (χ1n) is 10.9. The summed E-state index contributed by atoms with van der Waals surface area (Å²) in [5.41, 5.74) is 2.06. The lowest BCUT2D eigenvalue weighted by Gasteiger charge is -2.14. The SMILES string of the molecule is CCOC(=O)c1ccc(NC(=O)CCCCCN2C(=O)/C(=C/c3ccccc3)SC2=S)cc1. The van der Waals surface area contributed by atoms with Gasteiger partial charge in [-0.25, -0.2) is 4.79 Å². The van der Waals surface area contributed by atoms with Crippen LogP contribution in [0, 0.1) is 0 Å². The van der Waals surface area contributed by atoms with E-state index < -0.39 is 0 Å². The minimum absolute atomic E-state index is 0.0575. The molecule has 172 valence electrons. The average molecular weight is 483 g/mol. The number of hydrogen-bond acceptors (Lipinski definition) is 6. The number of nitrogens with one attached hydrogen (secondary N) is 1. The van der Waals surface area contributed by atoms with Gasteiger partial charge in [0.15, 0.2) is 0 Å². The van der Waals surface area contributed by atoms with E-state index in [1.807, 2.05) is 36.4 Å². The number of thiocarbonyl (C=S) groups is 1. The van der Waals surface area contributed by atoms with Crippen molar-refractivity contribution < 1.29 is 19.1 Å². The number of benzene rings is 2. The molecule has 8 heteroatoms. The molecule has 0 atom stereocenters. The summed E-state index contributed by atoms with van der Waals surface area (Å²) in [6.45, 7) is 2.62. The Morgan fingerprint density at radius 2 is 1.79 bits per heavy atom. The van der Waals surface area contributed by atoms with Crippen molar-refractivity contribution in [2.75, 3.05) is 18.5 Å². The normalized spacial score (nSPS) is 14.6. The van der Waals surface area contributed by atoms with E-state index in [0.29, 0.717) is 46.5 Å². The molecule has 0 bridgehead atoms. The Morgan fingerprint density at radius 1 is 1.06 bits per heavy atom. The van der Waals surface area contributed by atoms with E-state index in [1.54, 1.807) is 36.1 Å². The van der Waals surface area contributed by atoms with Crippen molar-refractivity contribution in [3.8, 4) is 0 Å². The molecule has 0 saturated carbocycles. The van der Waals surface area contributed by atoms with Crippen LogP contribution < -0.4 is 5.32 Å². The van der Waals surface area contributed by atoms with Crippen LogP contribution in [0.1, 0.15) is 48.5 Å². The Hall–Kier alpha value is -2.97. The van der Waals surface area contributed by atoms with Gasteiger partial charge in [-0.2, -0.15) is 0 Å². The fourth-order valence-corrected chi connectivity index (χ4v) is 4.56. The van der Waals surface area contributed by atoms with Crippen LogP contribution in [0.15, 0.2) is 59.5 Å². The molecule has 1 fully saturated rings. The molecule has 1 saturated heterocycles. The van der Waals surface area contributed by atoms with Crippen LogP contribution in [0.3, 0.4) is 0 Å². The monoisotopic (exact) mass is 482 g/mol. The highest BCUT2D eigenvalue weighted by atomic mass is 32.2. The van der Waals surface area contributed by atoms with Gasteiger partial charge in [0.25, 0.3) is 5.91 Å². The zero-order valence-corrected chi connectivity index (χ0v) is 20.0. The van der Waals surface area contributed by atoms with Crippen molar-refractivity contribution in [1.82, 2.24) is 4.90 Å². The summed E-state index contributed by atoms with van der Waals surface area (Å²) in [5, 5.41) is 2.83. The second-order valence-electron chi connectivity index (χ2n) is 7.40. The largest absolute Gasteiger partial charge is 0.462 e. The highest BCUT2D eigenvalue weighted by molar-refractivity contribution is 8.26. The lowest BCUT2D eigenvalue weighted by atomic mass is 10.1. The maximum atomic E-state index is 12.7. The summed E-state index contributed by atoms with van der Waals surface area (Å²) in [6, 6.07) is 16.3. The van der Waals surface area contributed by atoms with Crippen LogP contribution in [-0.2, 0) is 14.3 Å². The third-order valence-corrected chi connectivity index (χ3v) is 6.31. The predicted octanol–water partition coefficient (Wildman–Crippen LogP) is 5.26. The predicted molar refractivity (Wildman–Crippen MR) is 136 cm³/mol. The van der Waals surface area contributed by atoms with Crippen molar-refractivity contribution in [3.05, 3.63) is 70.6 Å². The van der Waals surface area contributed by atoms with Crippen molar-refractivity contribution in [3.63, 3.8) is 0 Å². The minimum atomic E-state index is -0.382. The van der Waals surface area contributed by atoms with Crippen LogP contribution in [0.4, 0.5) is 5.69 Å². The third-order valence-electron chi connectivity index (χ3n) is 4.94. The van der Waals surface area contributed by atoms with Crippen molar-refractivity contribution in [2.24, 2.45) is 0 Å². The van der Waals surface area contributed by atoms with Gasteiger partial charge in [-0.15, -0.1) is 0 Å².